The second-order valence-corrected chi connectivity index (χ2v) is 8.87. The lowest BCUT2D eigenvalue weighted by Crippen LogP contribution is -2.38. The van der Waals surface area contributed by atoms with E-state index in [1.165, 1.54) is 37.4 Å². The molecule has 8 heteroatoms. The van der Waals surface area contributed by atoms with Crippen LogP contribution in [0, 0.1) is 5.92 Å². The smallest absolute Gasteiger partial charge is 0.230 e. The SMILES string of the molecule is CC(C)Cn1c(SCC(=O)NC2CCCCCC2)nnc1N1CCOCC1. The summed E-state index contributed by atoms with van der Waals surface area (Å²) in [7, 11) is 0. The summed E-state index contributed by atoms with van der Waals surface area (Å²) >= 11 is 1.50. The highest BCUT2D eigenvalue weighted by Crippen LogP contribution is 2.24. The fourth-order valence-corrected chi connectivity index (χ4v) is 4.49. The van der Waals surface area contributed by atoms with Gasteiger partial charge >= 0.3 is 0 Å². The number of morpholine rings is 1. The summed E-state index contributed by atoms with van der Waals surface area (Å²) in [4.78, 5) is 14.7. The molecule has 0 spiro atoms. The van der Waals surface area contributed by atoms with Crippen molar-refractivity contribution in [3.05, 3.63) is 0 Å². The molecule has 0 unspecified atom stereocenters. The highest BCUT2D eigenvalue weighted by molar-refractivity contribution is 7.99. The molecule has 2 heterocycles. The fraction of sp³-hybridized carbons (Fsp3) is 0.842. The molecule has 2 fully saturated rings. The van der Waals surface area contributed by atoms with Gasteiger partial charge in [0.05, 0.1) is 19.0 Å². The zero-order valence-electron chi connectivity index (χ0n) is 16.7. The molecule has 0 radical (unpaired) electrons. The van der Waals surface area contributed by atoms with E-state index in [1.807, 2.05) is 0 Å². The van der Waals surface area contributed by atoms with Crippen LogP contribution < -0.4 is 10.2 Å². The van der Waals surface area contributed by atoms with E-state index in [-0.39, 0.29) is 5.91 Å². The molecule has 1 aliphatic carbocycles. The van der Waals surface area contributed by atoms with Crippen LogP contribution in [0.1, 0.15) is 52.4 Å². The number of hydrogen-bond donors (Lipinski definition) is 1. The summed E-state index contributed by atoms with van der Waals surface area (Å²) in [6.45, 7) is 8.35. The number of thioether (sulfide) groups is 1. The van der Waals surface area contributed by atoms with E-state index in [9.17, 15) is 4.79 Å². The molecule has 0 atom stereocenters. The Balaban J connectivity index is 1.59. The molecule has 3 rings (SSSR count). The first-order valence-electron chi connectivity index (χ1n) is 10.3. The molecule has 1 aromatic rings. The molecule has 1 aromatic heterocycles. The van der Waals surface area contributed by atoms with Crippen molar-refractivity contribution in [1.29, 1.82) is 0 Å². The van der Waals surface area contributed by atoms with E-state index in [0.717, 1.165) is 56.8 Å². The predicted octanol–water partition coefficient (Wildman–Crippen LogP) is 2.70. The van der Waals surface area contributed by atoms with Gasteiger partial charge in [0.2, 0.25) is 11.9 Å². The Hall–Kier alpha value is -1.28. The minimum Gasteiger partial charge on any atom is -0.378 e. The van der Waals surface area contributed by atoms with Gasteiger partial charge in [-0.2, -0.15) is 0 Å². The van der Waals surface area contributed by atoms with Gasteiger partial charge in [0, 0.05) is 25.7 Å². The number of nitrogens with one attached hydrogen (secondary N) is 1. The average Bonchev–Trinajstić information content (AvgIpc) is 2.86. The molecule has 152 valence electrons. The zero-order chi connectivity index (χ0) is 19.1. The van der Waals surface area contributed by atoms with E-state index < -0.39 is 0 Å². The molecule has 1 amide bonds. The Morgan fingerprint density at radius 1 is 1.19 bits per heavy atom. The maximum Gasteiger partial charge on any atom is 0.230 e. The topological polar surface area (TPSA) is 72.3 Å². The summed E-state index contributed by atoms with van der Waals surface area (Å²) in [5, 5.41) is 12.9. The van der Waals surface area contributed by atoms with E-state index >= 15 is 0 Å². The van der Waals surface area contributed by atoms with Gasteiger partial charge in [-0.1, -0.05) is 51.3 Å². The number of amides is 1. The van der Waals surface area contributed by atoms with Gasteiger partial charge in [-0.05, 0) is 18.8 Å². The van der Waals surface area contributed by atoms with Crippen LogP contribution in [0.25, 0.3) is 0 Å². The van der Waals surface area contributed by atoms with Crippen molar-refractivity contribution in [2.45, 2.75) is 70.1 Å². The van der Waals surface area contributed by atoms with E-state index in [4.69, 9.17) is 4.74 Å². The van der Waals surface area contributed by atoms with E-state index in [2.05, 4.69) is 38.8 Å². The highest BCUT2D eigenvalue weighted by atomic mass is 32.2. The molecule has 0 bridgehead atoms. The fourth-order valence-electron chi connectivity index (χ4n) is 3.73. The molecule has 7 nitrogen and oxygen atoms in total. The lowest BCUT2D eigenvalue weighted by atomic mass is 10.1. The monoisotopic (exact) mass is 395 g/mol. The summed E-state index contributed by atoms with van der Waals surface area (Å²) < 4.78 is 7.62. The number of rotatable bonds is 7. The van der Waals surface area contributed by atoms with Crippen LogP contribution in [-0.4, -0.2) is 58.8 Å². The third-order valence-electron chi connectivity index (χ3n) is 5.09. The summed E-state index contributed by atoms with van der Waals surface area (Å²) in [6, 6.07) is 0.345. The van der Waals surface area contributed by atoms with Gasteiger partial charge in [-0.25, -0.2) is 0 Å². The van der Waals surface area contributed by atoms with Gasteiger partial charge in [0.25, 0.3) is 0 Å². The highest BCUT2D eigenvalue weighted by Gasteiger charge is 2.22. The van der Waals surface area contributed by atoms with Crippen molar-refractivity contribution < 1.29 is 9.53 Å². The number of carbonyl (C=O) groups excluding carboxylic acids is 1. The standard InChI is InChI=1S/C19H33N5O2S/c1-15(2)13-24-18(23-9-11-26-12-10-23)21-22-19(24)27-14-17(25)20-16-7-5-3-4-6-8-16/h15-16H,3-14H2,1-2H3,(H,20,25). The van der Waals surface area contributed by atoms with Gasteiger partial charge in [-0.15, -0.1) is 10.2 Å². The van der Waals surface area contributed by atoms with Crippen LogP contribution in [0.4, 0.5) is 5.95 Å². The quantitative estimate of drug-likeness (QED) is 0.565. The van der Waals surface area contributed by atoms with Crippen molar-refractivity contribution in [1.82, 2.24) is 20.1 Å². The normalized spacial score (nSPS) is 19.3. The second kappa shape index (κ2) is 10.3. The minimum absolute atomic E-state index is 0.110. The maximum atomic E-state index is 12.4. The Labute approximate surface area is 166 Å². The number of ether oxygens (including phenoxy) is 1. The van der Waals surface area contributed by atoms with Crippen LogP contribution in [-0.2, 0) is 16.1 Å². The molecule has 1 aliphatic heterocycles. The zero-order valence-corrected chi connectivity index (χ0v) is 17.5. The van der Waals surface area contributed by atoms with Crippen molar-refractivity contribution in [3.63, 3.8) is 0 Å². The first kappa shape index (κ1) is 20.5. The largest absolute Gasteiger partial charge is 0.378 e. The molecule has 1 saturated heterocycles. The Bertz CT molecular complexity index is 593. The van der Waals surface area contributed by atoms with Crippen LogP contribution >= 0.6 is 11.8 Å². The van der Waals surface area contributed by atoms with Crippen LogP contribution in [0.15, 0.2) is 5.16 Å². The summed E-state index contributed by atoms with van der Waals surface area (Å²) in [5.74, 6) is 1.90. The first-order valence-corrected chi connectivity index (χ1v) is 11.3. The number of aromatic nitrogens is 3. The lowest BCUT2D eigenvalue weighted by molar-refractivity contribution is -0.119. The molecular formula is C19H33N5O2S. The van der Waals surface area contributed by atoms with Crippen molar-refractivity contribution in [2.75, 3.05) is 37.0 Å². The van der Waals surface area contributed by atoms with E-state index in [0.29, 0.717) is 17.7 Å². The molecule has 27 heavy (non-hydrogen) atoms. The summed E-state index contributed by atoms with van der Waals surface area (Å²) in [6.07, 6.45) is 7.27. The minimum atomic E-state index is 0.110. The molecule has 2 aliphatic rings. The summed E-state index contributed by atoms with van der Waals surface area (Å²) in [5.41, 5.74) is 0. The second-order valence-electron chi connectivity index (χ2n) is 7.93. The Morgan fingerprint density at radius 2 is 1.89 bits per heavy atom. The predicted molar refractivity (Wildman–Crippen MR) is 108 cm³/mol. The van der Waals surface area contributed by atoms with E-state index in [1.54, 1.807) is 0 Å². The number of anilines is 1. The first-order chi connectivity index (χ1) is 13.1. The third kappa shape index (κ3) is 6.10. The lowest BCUT2D eigenvalue weighted by Gasteiger charge is -2.28. The van der Waals surface area contributed by atoms with Gasteiger partial charge in [0.15, 0.2) is 5.16 Å². The van der Waals surface area contributed by atoms with Crippen LogP contribution in [0.3, 0.4) is 0 Å². The van der Waals surface area contributed by atoms with Crippen molar-refractivity contribution >= 4 is 23.6 Å². The maximum absolute atomic E-state index is 12.4. The number of hydrogen-bond acceptors (Lipinski definition) is 6. The van der Waals surface area contributed by atoms with Crippen LogP contribution in [0.5, 0.6) is 0 Å². The van der Waals surface area contributed by atoms with Crippen LogP contribution in [0.2, 0.25) is 0 Å². The average molecular weight is 396 g/mol. The Kier molecular flexibility index (Phi) is 7.81. The number of nitrogens with zero attached hydrogens (tertiary/aromatic N) is 4. The molecule has 1 N–H and O–H groups in total. The van der Waals surface area contributed by atoms with Gasteiger partial charge < -0.3 is 15.0 Å². The van der Waals surface area contributed by atoms with Crippen molar-refractivity contribution in [2.24, 2.45) is 5.92 Å². The molecule has 0 aromatic carbocycles. The van der Waals surface area contributed by atoms with Gasteiger partial charge in [0.1, 0.15) is 0 Å². The van der Waals surface area contributed by atoms with Gasteiger partial charge in [-0.3, -0.25) is 9.36 Å². The Morgan fingerprint density at radius 3 is 2.56 bits per heavy atom. The number of carbonyl (C=O) groups is 1. The molecule has 1 saturated carbocycles. The van der Waals surface area contributed by atoms with Crippen molar-refractivity contribution in [3.8, 4) is 0 Å². The third-order valence-corrected chi connectivity index (χ3v) is 6.06. The molecular weight excluding hydrogens is 362 g/mol.